The van der Waals surface area contributed by atoms with Crippen LogP contribution in [0.4, 0.5) is 5.69 Å². The highest BCUT2D eigenvalue weighted by molar-refractivity contribution is 9.10. The van der Waals surface area contributed by atoms with Gasteiger partial charge in [0, 0.05) is 16.3 Å². The van der Waals surface area contributed by atoms with Crippen molar-refractivity contribution in [3.63, 3.8) is 0 Å². The Morgan fingerprint density at radius 1 is 1.09 bits per heavy atom. The predicted octanol–water partition coefficient (Wildman–Crippen LogP) is 5.29. The summed E-state index contributed by atoms with van der Waals surface area (Å²) in [5, 5.41) is 7.33. The molecule has 0 saturated carbocycles. The van der Waals surface area contributed by atoms with Crippen LogP contribution in [0.3, 0.4) is 0 Å². The molecule has 0 saturated heterocycles. The van der Waals surface area contributed by atoms with Gasteiger partial charge in [-0.15, -0.1) is 0 Å². The molecule has 0 aromatic heterocycles. The third kappa shape index (κ3) is 7.73. The van der Waals surface area contributed by atoms with Crippen molar-refractivity contribution in [1.82, 2.24) is 5.43 Å². The second kappa shape index (κ2) is 12.8. The lowest BCUT2D eigenvalue weighted by atomic mass is 10.2. The average molecular weight is 561 g/mol. The third-order valence-electron chi connectivity index (χ3n) is 4.52. The molecule has 0 bridgehead atoms. The van der Waals surface area contributed by atoms with E-state index in [4.69, 9.17) is 25.8 Å². The van der Waals surface area contributed by atoms with E-state index in [9.17, 15) is 9.59 Å². The van der Waals surface area contributed by atoms with Gasteiger partial charge in [-0.1, -0.05) is 17.7 Å². The number of hydrogen-bond donors (Lipinski definition) is 2. The standard InChI is InChI=1S/C25H23BrClN3O5/c1-3-34-22-12-16(14-28-30-25(32)17-5-4-6-20(13-17)33-2)11-21(26)24(22)35-15-23(31)29-19-9-7-18(27)8-10-19/h4-14H,3,15H2,1-2H3,(H,29,31)(H,30,32)/b28-14+. The zero-order valence-corrected chi connectivity index (χ0v) is 21.4. The predicted molar refractivity (Wildman–Crippen MR) is 139 cm³/mol. The highest BCUT2D eigenvalue weighted by atomic mass is 79.9. The molecular weight excluding hydrogens is 538 g/mol. The van der Waals surface area contributed by atoms with Gasteiger partial charge in [-0.3, -0.25) is 9.59 Å². The Morgan fingerprint density at radius 3 is 2.57 bits per heavy atom. The smallest absolute Gasteiger partial charge is 0.271 e. The van der Waals surface area contributed by atoms with Crippen LogP contribution in [0.5, 0.6) is 17.2 Å². The molecule has 0 atom stereocenters. The Labute approximate surface area is 216 Å². The van der Waals surface area contributed by atoms with Gasteiger partial charge in [-0.25, -0.2) is 5.43 Å². The van der Waals surface area contributed by atoms with Crippen molar-refractivity contribution in [1.29, 1.82) is 0 Å². The normalized spacial score (nSPS) is 10.6. The van der Waals surface area contributed by atoms with Gasteiger partial charge in [0.15, 0.2) is 18.1 Å². The second-order valence-corrected chi connectivity index (χ2v) is 8.33. The fourth-order valence-corrected chi connectivity index (χ4v) is 3.63. The highest BCUT2D eigenvalue weighted by Crippen LogP contribution is 2.36. The maximum Gasteiger partial charge on any atom is 0.271 e. The van der Waals surface area contributed by atoms with Crippen LogP contribution in [0.15, 0.2) is 70.2 Å². The molecule has 3 aromatic carbocycles. The molecule has 3 rings (SSSR count). The lowest BCUT2D eigenvalue weighted by Gasteiger charge is -2.14. The van der Waals surface area contributed by atoms with E-state index in [1.165, 1.54) is 13.3 Å². The maximum absolute atomic E-state index is 12.3. The van der Waals surface area contributed by atoms with E-state index in [1.807, 2.05) is 6.92 Å². The molecule has 0 radical (unpaired) electrons. The van der Waals surface area contributed by atoms with Crippen molar-refractivity contribution >= 4 is 51.2 Å². The van der Waals surface area contributed by atoms with Crippen molar-refractivity contribution in [2.45, 2.75) is 6.92 Å². The lowest BCUT2D eigenvalue weighted by molar-refractivity contribution is -0.118. The zero-order chi connectivity index (χ0) is 25.2. The van der Waals surface area contributed by atoms with Crippen LogP contribution >= 0.6 is 27.5 Å². The molecule has 0 heterocycles. The molecule has 0 aliphatic carbocycles. The van der Waals surface area contributed by atoms with E-state index in [-0.39, 0.29) is 18.4 Å². The Morgan fingerprint density at radius 2 is 1.86 bits per heavy atom. The third-order valence-corrected chi connectivity index (χ3v) is 5.36. The summed E-state index contributed by atoms with van der Waals surface area (Å²) in [6, 6.07) is 16.9. The fraction of sp³-hybridized carbons (Fsp3) is 0.160. The number of methoxy groups -OCH3 is 1. The Hall–Kier alpha value is -3.56. The first-order valence-corrected chi connectivity index (χ1v) is 11.7. The van der Waals surface area contributed by atoms with E-state index in [0.717, 1.165) is 0 Å². The van der Waals surface area contributed by atoms with Gasteiger partial charge in [-0.05, 0) is 83.0 Å². The summed E-state index contributed by atoms with van der Waals surface area (Å²) < 4.78 is 17.1. The molecule has 10 heteroatoms. The van der Waals surface area contributed by atoms with Gasteiger partial charge in [0.25, 0.3) is 11.8 Å². The SMILES string of the molecule is CCOc1cc(/C=N/NC(=O)c2cccc(OC)c2)cc(Br)c1OCC(=O)Nc1ccc(Cl)cc1. The Kier molecular flexibility index (Phi) is 9.51. The van der Waals surface area contributed by atoms with E-state index in [2.05, 4.69) is 31.8 Å². The number of nitrogens with zero attached hydrogens (tertiary/aromatic N) is 1. The van der Waals surface area contributed by atoms with Gasteiger partial charge in [0.05, 0.1) is 24.4 Å². The summed E-state index contributed by atoms with van der Waals surface area (Å²) in [5.74, 6) is 0.644. The van der Waals surface area contributed by atoms with Crippen molar-refractivity contribution in [3.05, 3.63) is 81.3 Å². The summed E-state index contributed by atoms with van der Waals surface area (Å²) in [5.41, 5.74) is 4.14. The quantitative estimate of drug-likeness (QED) is 0.259. The van der Waals surface area contributed by atoms with Crippen LogP contribution in [0, 0.1) is 0 Å². The first-order valence-electron chi connectivity index (χ1n) is 10.5. The second-order valence-electron chi connectivity index (χ2n) is 7.04. The summed E-state index contributed by atoms with van der Waals surface area (Å²) >= 11 is 9.31. The summed E-state index contributed by atoms with van der Waals surface area (Å²) in [6.45, 7) is 1.98. The molecule has 0 aliphatic rings. The molecule has 0 fully saturated rings. The van der Waals surface area contributed by atoms with Gasteiger partial charge >= 0.3 is 0 Å². The minimum atomic E-state index is -0.379. The molecule has 182 valence electrons. The largest absolute Gasteiger partial charge is 0.497 e. The number of carbonyl (C=O) groups is 2. The molecule has 3 aromatic rings. The van der Waals surface area contributed by atoms with Gasteiger partial charge in [0.1, 0.15) is 5.75 Å². The zero-order valence-electron chi connectivity index (χ0n) is 19.0. The van der Waals surface area contributed by atoms with E-state index < -0.39 is 0 Å². The number of ether oxygens (including phenoxy) is 3. The number of hydrazone groups is 1. The molecule has 8 nitrogen and oxygen atoms in total. The molecular formula is C25H23BrClN3O5. The van der Waals surface area contributed by atoms with Crippen LogP contribution < -0.4 is 25.0 Å². The number of rotatable bonds is 10. The van der Waals surface area contributed by atoms with Crippen LogP contribution in [-0.2, 0) is 4.79 Å². The molecule has 35 heavy (non-hydrogen) atoms. The summed E-state index contributed by atoms with van der Waals surface area (Å²) in [4.78, 5) is 24.6. The van der Waals surface area contributed by atoms with Crippen LogP contribution in [0.25, 0.3) is 0 Å². The van der Waals surface area contributed by atoms with E-state index in [1.54, 1.807) is 60.7 Å². The van der Waals surface area contributed by atoms with Crippen molar-refractivity contribution in [3.8, 4) is 17.2 Å². The monoisotopic (exact) mass is 559 g/mol. The minimum Gasteiger partial charge on any atom is -0.497 e. The summed E-state index contributed by atoms with van der Waals surface area (Å²) in [7, 11) is 1.53. The number of carbonyl (C=O) groups excluding carboxylic acids is 2. The molecule has 0 aliphatic heterocycles. The number of nitrogens with one attached hydrogen (secondary N) is 2. The number of benzene rings is 3. The molecule has 0 spiro atoms. The Bertz CT molecular complexity index is 1220. The average Bonchev–Trinajstić information content (AvgIpc) is 2.85. The highest BCUT2D eigenvalue weighted by Gasteiger charge is 2.14. The van der Waals surface area contributed by atoms with Crippen molar-refractivity contribution < 1.29 is 23.8 Å². The lowest BCUT2D eigenvalue weighted by Crippen LogP contribution is -2.20. The Balaban J connectivity index is 1.65. The number of anilines is 1. The van der Waals surface area contributed by atoms with E-state index in [0.29, 0.717) is 50.2 Å². The van der Waals surface area contributed by atoms with E-state index >= 15 is 0 Å². The van der Waals surface area contributed by atoms with Crippen LogP contribution in [-0.4, -0.2) is 38.4 Å². The molecule has 2 amide bonds. The minimum absolute atomic E-state index is 0.231. The molecule has 2 N–H and O–H groups in total. The van der Waals surface area contributed by atoms with Gasteiger partial charge in [-0.2, -0.15) is 5.10 Å². The number of hydrogen-bond acceptors (Lipinski definition) is 6. The first kappa shape index (κ1) is 26.1. The van der Waals surface area contributed by atoms with Crippen LogP contribution in [0.1, 0.15) is 22.8 Å². The van der Waals surface area contributed by atoms with Gasteiger partial charge < -0.3 is 19.5 Å². The van der Waals surface area contributed by atoms with Gasteiger partial charge in [0.2, 0.25) is 0 Å². The van der Waals surface area contributed by atoms with Crippen molar-refractivity contribution in [2.24, 2.45) is 5.10 Å². The number of halogens is 2. The van der Waals surface area contributed by atoms with Crippen molar-refractivity contribution in [2.75, 3.05) is 25.6 Å². The fourth-order valence-electron chi connectivity index (χ4n) is 2.93. The topological polar surface area (TPSA) is 98.2 Å². The summed E-state index contributed by atoms with van der Waals surface area (Å²) in [6.07, 6.45) is 1.47. The van der Waals surface area contributed by atoms with Crippen LogP contribution in [0.2, 0.25) is 5.02 Å². The first-order chi connectivity index (χ1) is 16.9. The number of amides is 2. The molecule has 0 unspecified atom stereocenters. The maximum atomic E-state index is 12.3.